The van der Waals surface area contributed by atoms with Crippen LogP contribution < -0.4 is 5.73 Å². The molecule has 1 aromatic carbocycles. The second-order valence-corrected chi connectivity index (χ2v) is 5.09. The summed E-state index contributed by atoms with van der Waals surface area (Å²) in [6, 6.07) is 8.28. The fourth-order valence-corrected chi connectivity index (χ4v) is 2.35. The molecular weight excluding hydrogens is 224 g/mol. The minimum atomic E-state index is 0.164. The van der Waals surface area contributed by atoms with Crippen molar-refractivity contribution >= 4 is 5.91 Å². The first-order valence-electron chi connectivity index (χ1n) is 6.80. The van der Waals surface area contributed by atoms with E-state index >= 15 is 0 Å². The van der Waals surface area contributed by atoms with E-state index in [-0.39, 0.29) is 5.91 Å². The van der Waals surface area contributed by atoms with Crippen molar-refractivity contribution < 1.29 is 4.79 Å². The van der Waals surface area contributed by atoms with Gasteiger partial charge in [0.25, 0.3) is 5.91 Å². The van der Waals surface area contributed by atoms with Crippen LogP contribution in [-0.4, -0.2) is 29.9 Å². The molecule has 0 spiro atoms. The molecular formula is C15H22N2O. The second-order valence-electron chi connectivity index (χ2n) is 5.09. The van der Waals surface area contributed by atoms with Crippen molar-refractivity contribution in [3.8, 4) is 0 Å². The minimum absolute atomic E-state index is 0.164. The Labute approximate surface area is 109 Å². The van der Waals surface area contributed by atoms with E-state index in [1.54, 1.807) is 0 Å². The number of carbonyl (C=O) groups excluding carboxylic acids is 1. The van der Waals surface area contributed by atoms with E-state index in [2.05, 4.69) is 0 Å². The van der Waals surface area contributed by atoms with Gasteiger partial charge in [-0.1, -0.05) is 17.7 Å². The molecule has 1 saturated carbocycles. The summed E-state index contributed by atoms with van der Waals surface area (Å²) in [5, 5.41) is 0. The van der Waals surface area contributed by atoms with Crippen LogP contribution in [0.15, 0.2) is 24.3 Å². The van der Waals surface area contributed by atoms with Crippen molar-refractivity contribution in [2.45, 2.75) is 38.6 Å². The van der Waals surface area contributed by atoms with Gasteiger partial charge in [-0.25, -0.2) is 0 Å². The molecule has 2 N–H and O–H groups in total. The van der Waals surface area contributed by atoms with Crippen molar-refractivity contribution in [1.29, 1.82) is 0 Å². The molecule has 1 aliphatic rings. The third kappa shape index (κ3) is 2.91. The summed E-state index contributed by atoms with van der Waals surface area (Å²) in [7, 11) is 0. The molecule has 18 heavy (non-hydrogen) atoms. The first kappa shape index (κ1) is 13.1. The molecule has 0 atom stereocenters. The zero-order valence-corrected chi connectivity index (χ0v) is 11.1. The van der Waals surface area contributed by atoms with Crippen LogP contribution in [0.2, 0.25) is 0 Å². The summed E-state index contributed by atoms with van der Waals surface area (Å²) in [5.74, 6) is 0.164. The number of benzene rings is 1. The van der Waals surface area contributed by atoms with Gasteiger partial charge in [0, 0.05) is 18.2 Å². The topological polar surface area (TPSA) is 46.3 Å². The van der Waals surface area contributed by atoms with E-state index < -0.39 is 0 Å². The van der Waals surface area contributed by atoms with Gasteiger partial charge in [0.2, 0.25) is 0 Å². The van der Waals surface area contributed by atoms with Crippen molar-refractivity contribution in [2.24, 2.45) is 5.73 Å². The van der Waals surface area contributed by atoms with Gasteiger partial charge in [0.15, 0.2) is 0 Å². The van der Waals surface area contributed by atoms with Crippen LogP contribution in [0, 0.1) is 6.92 Å². The largest absolute Gasteiger partial charge is 0.336 e. The van der Waals surface area contributed by atoms with Crippen LogP contribution in [0.1, 0.15) is 41.6 Å². The highest BCUT2D eigenvalue weighted by molar-refractivity contribution is 5.94. The highest BCUT2D eigenvalue weighted by Crippen LogP contribution is 2.26. The monoisotopic (exact) mass is 246 g/mol. The van der Waals surface area contributed by atoms with Crippen molar-refractivity contribution in [3.63, 3.8) is 0 Å². The van der Waals surface area contributed by atoms with Gasteiger partial charge in [-0.3, -0.25) is 4.79 Å². The highest BCUT2D eigenvalue weighted by atomic mass is 16.2. The molecule has 0 aliphatic heterocycles. The van der Waals surface area contributed by atoms with E-state index in [0.29, 0.717) is 12.6 Å². The van der Waals surface area contributed by atoms with E-state index in [1.165, 1.54) is 6.42 Å². The molecule has 0 radical (unpaired) electrons. The quantitative estimate of drug-likeness (QED) is 0.866. The molecule has 2 rings (SSSR count). The Balaban J connectivity index is 2.11. The molecule has 0 bridgehead atoms. The molecule has 0 aromatic heterocycles. The molecule has 1 aliphatic carbocycles. The maximum absolute atomic E-state index is 12.5. The molecule has 0 unspecified atom stereocenters. The number of hydrogen-bond acceptors (Lipinski definition) is 2. The van der Waals surface area contributed by atoms with Gasteiger partial charge in [-0.05, 0) is 51.3 Å². The van der Waals surface area contributed by atoms with Crippen LogP contribution in [0.5, 0.6) is 0 Å². The van der Waals surface area contributed by atoms with Gasteiger partial charge >= 0.3 is 0 Å². The Morgan fingerprint density at radius 2 is 2.22 bits per heavy atom. The number of nitrogens with zero attached hydrogens (tertiary/aromatic N) is 1. The number of amides is 1. The molecule has 0 heterocycles. The fraction of sp³-hybridized carbons (Fsp3) is 0.533. The third-order valence-electron chi connectivity index (χ3n) is 3.64. The summed E-state index contributed by atoms with van der Waals surface area (Å²) in [5.41, 5.74) is 7.50. The van der Waals surface area contributed by atoms with Crippen molar-refractivity contribution in [3.05, 3.63) is 35.4 Å². The Hall–Kier alpha value is -1.35. The van der Waals surface area contributed by atoms with Crippen molar-refractivity contribution in [2.75, 3.05) is 13.1 Å². The van der Waals surface area contributed by atoms with Gasteiger partial charge in [0.05, 0.1) is 0 Å². The van der Waals surface area contributed by atoms with Crippen LogP contribution in [-0.2, 0) is 0 Å². The lowest BCUT2D eigenvalue weighted by Gasteiger charge is -2.37. The highest BCUT2D eigenvalue weighted by Gasteiger charge is 2.28. The molecule has 0 saturated heterocycles. The lowest BCUT2D eigenvalue weighted by molar-refractivity contribution is 0.0578. The van der Waals surface area contributed by atoms with Crippen LogP contribution in [0.25, 0.3) is 0 Å². The van der Waals surface area contributed by atoms with Gasteiger partial charge < -0.3 is 10.6 Å². The first-order valence-corrected chi connectivity index (χ1v) is 6.80. The Kier molecular flexibility index (Phi) is 4.37. The summed E-state index contributed by atoms with van der Waals surface area (Å²) < 4.78 is 0. The lowest BCUT2D eigenvalue weighted by Crippen LogP contribution is -2.45. The number of nitrogens with two attached hydrogens (primary N) is 1. The van der Waals surface area contributed by atoms with Crippen LogP contribution >= 0.6 is 0 Å². The fourth-order valence-electron chi connectivity index (χ4n) is 2.35. The zero-order valence-electron chi connectivity index (χ0n) is 11.1. The van der Waals surface area contributed by atoms with E-state index in [9.17, 15) is 4.79 Å². The van der Waals surface area contributed by atoms with Gasteiger partial charge in [0.1, 0.15) is 0 Å². The average Bonchev–Trinajstić information content (AvgIpc) is 2.31. The predicted molar refractivity (Wildman–Crippen MR) is 73.5 cm³/mol. The summed E-state index contributed by atoms with van der Waals surface area (Å²) >= 11 is 0. The van der Waals surface area contributed by atoms with E-state index in [1.807, 2.05) is 36.1 Å². The normalized spacial score (nSPS) is 15.2. The van der Waals surface area contributed by atoms with Gasteiger partial charge in [-0.2, -0.15) is 0 Å². The second kappa shape index (κ2) is 6.01. The lowest BCUT2D eigenvalue weighted by atomic mass is 9.90. The maximum Gasteiger partial charge on any atom is 0.254 e. The Morgan fingerprint density at radius 1 is 1.44 bits per heavy atom. The molecule has 1 aromatic rings. The summed E-state index contributed by atoms with van der Waals surface area (Å²) in [6.45, 7) is 3.45. The molecule has 1 amide bonds. The molecule has 3 heteroatoms. The molecule has 3 nitrogen and oxygen atoms in total. The minimum Gasteiger partial charge on any atom is -0.336 e. The van der Waals surface area contributed by atoms with Crippen LogP contribution in [0.3, 0.4) is 0 Å². The van der Waals surface area contributed by atoms with E-state index in [4.69, 9.17) is 5.73 Å². The van der Waals surface area contributed by atoms with Crippen molar-refractivity contribution in [1.82, 2.24) is 4.90 Å². The van der Waals surface area contributed by atoms with Gasteiger partial charge in [-0.15, -0.1) is 0 Å². The maximum atomic E-state index is 12.5. The molecule has 98 valence electrons. The van der Waals surface area contributed by atoms with E-state index in [0.717, 1.165) is 36.9 Å². The first-order chi connectivity index (χ1) is 8.72. The number of aryl methyl sites for hydroxylation is 1. The number of rotatable bonds is 5. The molecule has 1 fully saturated rings. The van der Waals surface area contributed by atoms with Crippen LogP contribution in [0.4, 0.5) is 0 Å². The Morgan fingerprint density at radius 3 is 2.78 bits per heavy atom. The average molecular weight is 246 g/mol. The predicted octanol–water partition coefficient (Wildman–Crippen LogP) is 2.34. The zero-order chi connectivity index (χ0) is 13.0. The number of hydrogen-bond donors (Lipinski definition) is 1. The summed E-state index contributed by atoms with van der Waals surface area (Å²) in [4.78, 5) is 14.5. The standard InChI is InChI=1S/C15H22N2O/c1-12-5-2-6-13(11-12)15(18)17(10-4-9-16)14-7-3-8-14/h2,5-6,11,14H,3-4,7-10,16H2,1H3. The third-order valence-corrected chi connectivity index (χ3v) is 3.64. The Bertz CT molecular complexity index is 413. The SMILES string of the molecule is Cc1cccc(C(=O)N(CCCN)C2CCC2)c1. The number of carbonyl (C=O) groups is 1. The smallest absolute Gasteiger partial charge is 0.254 e. The summed E-state index contributed by atoms with van der Waals surface area (Å²) in [6.07, 6.45) is 4.41.